The molecule has 3 rings (SSSR count). The highest BCUT2D eigenvalue weighted by atomic mass is 16.5. The van der Waals surface area contributed by atoms with Crippen molar-refractivity contribution >= 4 is 23.9 Å². The van der Waals surface area contributed by atoms with Crippen molar-refractivity contribution in [1.82, 2.24) is 9.97 Å². The predicted octanol–water partition coefficient (Wildman–Crippen LogP) is 2.94. The number of carbonyl (C=O) groups is 1. The van der Waals surface area contributed by atoms with E-state index in [2.05, 4.69) is 20.2 Å². The zero-order valence-electron chi connectivity index (χ0n) is 16.3. The number of nitrogens with zero attached hydrogens (tertiary/aromatic N) is 3. The maximum absolute atomic E-state index is 8.36. The van der Waals surface area contributed by atoms with E-state index in [9.17, 15) is 0 Å². The number of hydrogen-bond acceptors (Lipinski definition) is 8. The minimum absolute atomic E-state index is 0.250. The minimum atomic E-state index is -0.250. The fourth-order valence-electron chi connectivity index (χ4n) is 2.99. The molecule has 1 saturated heterocycles. The molecule has 1 aliphatic heterocycles. The summed E-state index contributed by atoms with van der Waals surface area (Å²) in [5.74, 6) is 3.20. The summed E-state index contributed by atoms with van der Waals surface area (Å²) in [7, 11) is 4.77. The number of benzene rings is 1. The molecule has 2 aromatic rings. The van der Waals surface area contributed by atoms with Crippen molar-refractivity contribution in [2.75, 3.05) is 44.6 Å². The SMILES string of the molecule is COc1cc(Nc2nccc(N3CCCCC3)n2)cc(OC)c1OC.O=CO. The first-order chi connectivity index (χ1) is 13.7. The lowest BCUT2D eigenvalue weighted by atomic mass is 10.1. The van der Waals surface area contributed by atoms with E-state index in [0.29, 0.717) is 23.2 Å². The summed E-state index contributed by atoms with van der Waals surface area (Å²) in [5, 5.41) is 10.1. The number of ether oxygens (including phenoxy) is 3. The lowest BCUT2D eigenvalue weighted by Crippen LogP contribution is -2.30. The first-order valence-electron chi connectivity index (χ1n) is 8.89. The first kappa shape index (κ1) is 21.1. The third-order valence-electron chi connectivity index (χ3n) is 4.24. The van der Waals surface area contributed by atoms with Crippen molar-refractivity contribution < 1.29 is 24.1 Å². The van der Waals surface area contributed by atoms with Crippen LogP contribution in [0, 0.1) is 0 Å². The van der Waals surface area contributed by atoms with Crippen LogP contribution in [0.2, 0.25) is 0 Å². The van der Waals surface area contributed by atoms with Crippen LogP contribution >= 0.6 is 0 Å². The van der Waals surface area contributed by atoms with Gasteiger partial charge in [-0.1, -0.05) is 0 Å². The Morgan fingerprint density at radius 2 is 1.68 bits per heavy atom. The molecule has 9 nitrogen and oxygen atoms in total. The molecule has 2 heterocycles. The number of rotatable bonds is 6. The molecule has 0 aliphatic carbocycles. The molecule has 0 atom stereocenters. The number of aromatic nitrogens is 2. The van der Waals surface area contributed by atoms with Gasteiger partial charge in [-0.15, -0.1) is 0 Å². The van der Waals surface area contributed by atoms with Crippen molar-refractivity contribution in [3.8, 4) is 17.2 Å². The second-order valence-corrected chi connectivity index (χ2v) is 5.93. The second kappa shape index (κ2) is 10.8. The molecule has 28 heavy (non-hydrogen) atoms. The van der Waals surface area contributed by atoms with Crippen molar-refractivity contribution in [2.45, 2.75) is 19.3 Å². The van der Waals surface area contributed by atoms with Crippen molar-refractivity contribution in [1.29, 1.82) is 0 Å². The summed E-state index contributed by atoms with van der Waals surface area (Å²) in [6, 6.07) is 5.61. The summed E-state index contributed by atoms with van der Waals surface area (Å²) in [6.07, 6.45) is 5.48. The van der Waals surface area contributed by atoms with Gasteiger partial charge < -0.3 is 29.5 Å². The highest BCUT2D eigenvalue weighted by Crippen LogP contribution is 2.40. The van der Waals surface area contributed by atoms with E-state index >= 15 is 0 Å². The zero-order chi connectivity index (χ0) is 20.4. The van der Waals surface area contributed by atoms with E-state index in [1.54, 1.807) is 27.5 Å². The van der Waals surface area contributed by atoms with Crippen LogP contribution in [-0.2, 0) is 4.79 Å². The van der Waals surface area contributed by atoms with Gasteiger partial charge in [-0.25, -0.2) is 4.98 Å². The van der Waals surface area contributed by atoms with Crippen LogP contribution in [0.1, 0.15) is 19.3 Å². The lowest BCUT2D eigenvalue weighted by Gasteiger charge is -2.27. The lowest BCUT2D eigenvalue weighted by molar-refractivity contribution is -0.122. The van der Waals surface area contributed by atoms with E-state index in [-0.39, 0.29) is 6.47 Å². The number of nitrogens with one attached hydrogen (secondary N) is 1. The predicted molar refractivity (Wildman–Crippen MR) is 106 cm³/mol. The summed E-state index contributed by atoms with van der Waals surface area (Å²) < 4.78 is 16.1. The van der Waals surface area contributed by atoms with E-state index in [4.69, 9.17) is 24.1 Å². The Kier molecular flexibility index (Phi) is 8.13. The number of hydrogen-bond donors (Lipinski definition) is 2. The molecule has 0 unspecified atom stereocenters. The monoisotopic (exact) mass is 390 g/mol. The van der Waals surface area contributed by atoms with Gasteiger partial charge in [0.15, 0.2) is 11.5 Å². The molecule has 0 spiro atoms. The summed E-state index contributed by atoms with van der Waals surface area (Å²) >= 11 is 0. The van der Waals surface area contributed by atoms with Gasteiger partial charge in [0.05, 0.1) is 21.3 Å². The van der Waals surface area contributed by atoms with Gasteiger partial charge >= 0.3 is 0 Å². The van der Waals surface area contributed by atoms with Crippen LogP contribution in [0.25, 0.3) is 0 Å². The number of piperidine rings is 1. The molecule has 1 fully saturated rings. The van der Waals surface area contributed by atoms with E-state index in [1.807, 2.05) is 18.2 Å². The smallest absolute Gasteiger partial charge is 0.290 e. The third-order valence-corrected chi connectivity index (χ3v) is 4.24. The van der Waals surface area contributed by atoms with Crippen molar-refractivity contribution in [3.05, 3.63) is 24.4 Å². The molecule has 0 radical (unpaired) electrons. The Bertz CT molecular complexity index is 741. The molecule has 2 N–H and O–H groups in total. The highest BCUT2D eigenvalue weighted by molar-refractivity contribution is 5.66. The Balaban J connectivity index is 0.000000878. The number of anilines is 3. The van der Waals surface area contributed by atoms with Gasteiger partial charge in [0.2, 0.25) is 11.7 Å². The number of methoxy groups -OCH3 is 3. The summed E-state index contributed by atoms with van der Waals surface area (Å²) in [4.78, 5) is 19.6. The third kappa shape index (κ3) is 5.38. The van der Waals surface area contributed by atoms with Crippen LogP contribution in [0.3, 0.4) is 0 Å². The normalized spacial score (nSPS) is 13.0. The molecule has 1 aromatic carbocycles. The zero-order valence-corrected chi connectivity index (χ0v) is 16.3. The fraction of sp³-hybridized carbons (Fsp3) is 0.421. The Morgan fingerprint density at radius 1 is 1.07 bits per heavy atom. The Labute approximate surface area is 164 Å². The maximum Gasteiger partial charge on any atom is 0.290 e. The number of carboxylic acid groups (broad SMARTS) is 1. The molecule has 1 aromatic heterocycles. The quantitative estimate of drug-likeness (QED) is 0.720. The maximum atomic E-state index is 8.36. The van der Waals surface area contributed by atoms with Gasteiger partial charge in [0.25, 0.3) is 6.47 Å². The average molecular weight is 390 g/mol. The van der Waals surface area contributed by atoms with E-state index < -0.39 is 0 Å². The molecular weight excluding hydrogens is 364 g/mol. The molecule has 1 aliphatic rings. The van der Waals surface area contributed by atoms with Crippen LogP contribution in [0.15, 0.2) is 24.4 Å². The van der Waals surface area contributed by atoms with Gasteiger partial charge in [-0.2, -0.15) is 4.98 Å². The Hall–Kier alpha value is -3.23. The van der Waals surface area contributed by atoms with Crippen molar-refractivity contribution in [3.63, 3.8) is 0 Å². The van der Waals surface area contributed by atoms with Crippen LogP contribution < -0.4 is 24.4 Å². The van der Waals surface area contributed by atoms with E-state index in [1.165, 1.54) is 19.3 Å². The highest BCUT2D eigenvalue weighted by Gasteiger charge is 2.15. The van der Waals surface area contributed by atoms with Crippen molar-refractivity contribution in [2.24, 2.45) is 0 Å². The van der Waals surface area contributed by atoms with Gasteiger partial charge in [0, 0.05) is 37.1 Å². The fourth-order valence-corrected chi connectivity index (χ4v) is 2.99. The summed E-state index contributed by atoms with van der Waals surface area (Å²) in [5.41, 5.74) is 0.769. The standard InChI is InChI=1S/C18H24N4O3.CH2O2/c1-23-14-11-13(12-15(24-2)17(14)25-3)20-18-19-8-7-16(21-18)22-9-5-4-6-10-22;2-1-3/h7-8,11-12H,4-6,9-10H2,1-3H3,(H,19,20,21);1H,(H,2,3). The van der Waals surface area contributed by atoms with Crippen LogP contribution in [-0.4, -0.2) is 56.0 Å². The molecule has 9 heteroatoms. The topological polar surface area (TPSA) is 106 Å². The van der Waals surface area contributed by atoms with Crippen LogP contribution in [0.5, 0.6) is 17.2 Å². The average Bonchev–Trinajstić information content (AvgIpc) is 2.74. The van der Waals surface area contributed by atoms with Gasteiger partial charge in [0.1, 0.15) is 5.82 Å². The van der Waals surface area contributed by atoms with Gasteiger partial charge in [-0.3, -0.25) is 4.79 Å². The largest absolute Gasteiger partial charge is 0.493 e. The summed E-state index contributed by atoms with van der Waals surface area (Å²) in [6.45, 7) is 1.83. The molecule has 152 valence electrons. The van der Waals surface area contributed by atoms with Crippen LogP contribution in [0.4, 0.5) is 17.5 Å². The van der Waals surface area contributed by atoms with E-state index in [0.717, 1.165) is 24.6 Å². The van der Waals surface area contributed by atoms with Gasteiger partial charge in [-0.05, 0) is 25.3 Å². The Morgan fingerprint density at radius 3 is 2.21 bits per heavy atom. The molecule has 0 saturated carbocycles. The molecule has 0 bridgehead atoms. The first-order valence-corrected chi connectivity index (χ1v) is 8.89. The second-order valence-electron chi connectivity index (χ2n) is 5.93. The minimum Gasteiger partial charge on any atom is -0.493 e. The molecular formula is C19H26N4O5. The molecule has 0 amide bonds.